The number of aromatic nitrogens is 1. The summed E-state index contributed by atoms with van der Waals surface area (Å²) in [4.78, 5) is 24.8. The average Bonchev–Trinajstić information content (AvgIpc) is 3.44. The quantitative estimate of drug-likeness (QED) is 0.739. The van der Waals surface area contributed by atoms with E-state index in [2.05, 4.69) is 23.7 Å². The molecule has 1 heterocycles. The molecule has 0 saturated heterocycles. The van der Waals surface area contributed by atoms with Crippen LogP contribution < -0.4 is 5.32 Å². The number of aryl methyl sites for hydroxylation is 3. The number of ether oxygens (including phenoxy) is 1. The predicted octanol–water partition coefficient (Wildman–Crippen LogP) is 4.36. The van der Waals surface area contributed by atoms with Gasteiger partial charge in [-0.05, 0) is 56.7 Å². The van der Waals surface area contributed by atoms with Crippen molar-refractivity contribution in [3.63, 3.8) is 0 Å². The van der Waals surface area contributed by atoms with Crippen molar-refractivity contribution in [2.75, 3.05) is 11.9 Å². The fourth-order valence-electron chi connectivity index (χ4n) is 3.67. The van der Waals surface area contributed by atoms with Gasteiger partial charge in [-0.15, -0.1) is 0 Å². The second-order valence-electron chi connectivity index (χ2n) is 7.17. The fourth-order valence-corrected chi connectivity index (χ4v) is 3.67. The summed E-state index contributed by atoms with van der Waals surface area (Å²) < 4.78 is 7.49. The molecular weight excluding hydrogens is 340 g/mol. The molecule has 5 heteroatoms. The minimum absolute atomic E-state index is 0.285. The van der Waals surface area contributed by atoms with Crippen LogP contribution in [0.5, 0.6) is 0 Å². The Morgan fingerprint density at radius 3 is 2.33 bits per heavy atom. The molecule has 0 radical (unpaired) electrons. The van der Waals surface area contributed by atoms with Gasteiger partial charge in [-0.1, -0.05) is 32.0 Å². The first-order valence-corrected chi connectivity index (χ1v) is 9.72. The molecule has 1 fully saturated rings. The second-order valence-corrected chi connectivity index (χ2v) is 7.17. The van der Waals surface area contributed by atoms with Gasteiger partial charge in [0, 0.05) is 23.1 Å². The van der Waals surface area contributed by atoms with E-state index in [4.69, 9.17) is 4.74 Å². The summed E-state index contributed by atoms with van der Waals surface area (Å²) in [5.74, 6) is -0.750. The molecule has 3 rings (SSSR count). The van der Waals surface area contributed by atoms with Crippen LogP contribution >= 0.6 is 0 Å². The van der Waals surface area contributed by atoms with E-state index in [1.54, 1.807) is 0 Å². The second kappa shape index (κ2) is 7.99. The van der Waals surface area contributed by atoms with Crippen molar-refractivity contribution in [1.29, 1.82) is 0 Å². The lowest BCUT2D eigenvalue weighted by Gasteiger charge is -2.14. The summed E-state index contributed by atoms with van der Waals surface area (Å²) in [7, 11) is 0. The topological polar surface area (TPSA) is 60.3 Å². The van der Waals surface area contributed by atoms with E-state index in [0.29, 0.717) is 11.6 Å². The number of nitrogens with one attached hydrogen (secondary N) is 1. The van der Waals surface area contributed by atoms with Gasteiger partial charge in [0.2, 0.25) is 0 Å². The smallest absolute Gasteiger partial charge is 0.340 e. The number of hydrogen-bond acceptors (Lipinski definition) is 3. The van der Waals surface area contributed by atoms with Crippen LogP contribution in [0.2, 0.25) is 0 Å². The molecule has 0 spiro atoms. The number of esters is 1. The number of carbonyl (C=O) groups is 2. The molecule has 1 aromatic heterocycles. The number of nitrogens with zero attached hydrogens (tertiary/aromatic N) is 1. The van der Waals surface area contributed by atoms with Crippen molar-refractivity contribution in [2.24, 2.45) is 0 Å². The number of amides is 1. The lowest BCUT2D eigenvalue weighted by Crippen LogP contribution is -2.22. The Balaban J connectivity index is 1.65. The normalized spacial score (nSPS) is 13.5. The van der Waals surface area contributed by atoms with Crippen LogP contribution in [-0.4, -0.2) is 23.1 Å². The van der Waals surface area contributed by atoms with Crippen molar-refractivity contribution in [2.45, 2.75) is 59.4 Å². The molecule has 0 unspecified atom stereocenters. The summed E-state index contributed by atoms with van der Waals surface area (Å²) in [6.07, 6.45) is 3.97. The predicted molar refractivity (Wildman–Crippen MR) is 106 cm³/mol. The number of benzene rings is 1. The molecule has 1 aliphatic carbocycles. The molecule has 0 aliphatic heterocycles. The number of rotatable bonds is 7. The van der Waals surface area contributed by atoms with Crippen LogP contribution in [0.4, 0.5) is 5.69 Å². The molecule has 144 valence electrons. The SMILES string of the molecule is CCc1cccc(CC)c1NC(=O)COC(=O)c1cc(C)n(C2CC2)c1C. The molecule has 1 amide bonds. The van der Waals surface area contributed by atoms with E-state index in [-0.39, 0.29) is 12.5 Å². The van der Waals surface area contributed by atoms with Crippen LogP contribution in [0.3, 0.4) is 0 Å². The lowest BCUT2D eigenvalue weighted by atomic mass is 10.0. The van der Waals surface area contributed by atoms with Gasteiger partial charge in [0.1, 0.15) is 0 Å². The van der Waals surface area contributed by atoms with Crippen LogP contribution in [0.1, 0.15) is 65.6 Å². The van der Waals surface area contributed by atoms with Gasteiger partial charge in [-0.25, -0.2) is 4.79 Å². The van der Waals surface area contributed by atoms with E-state index < -0.39 is 5.97 Å². The van der Waals surface area contributed by atoms with Crippen LogP contribution in [-0.2, 0) is 22.4 Å². The van der Waals surface area contributed by atoms with Gasteiger partial charge in [-0.3, -0.25) is 4.79 Å². The maximum Gasteiger partial charge on any atom is 0.340 e. The fraction of sp³-hybridized carbons (Fsp3) is 0.455. The molecule has 5 nitrogen and oxygen atoms in total. The molecule has 2 aromatic rings. The highest BCUT2D eigenvalue weighted by molar-refractivity contribution is 5.97. The zero-order chi connectivity index (χ0) is 19.6. The average molecular weight is 368 g/mol. The number of hydrogen-bond donors (Lipinski definition) is 1. The molecule has 1 aromatic carbocycles. The Hall–Kier alpha value is -2.56. The van der Waals surface area contributed by atoms with Gasteiger partial charge < -0.3 is 14.6 Å². The largest absolute Gasteiger partial charge is 0.452 e. The molecule has 1 saturated carbocycles. The maximum atomic E-state index is 12.5. The van der Waals surface area contributed by atoms with Crippen LogP contribution in [0, 0.1) is 13.8 Å². The van der Waals surface area contributed by atoms with Gasteiger partial charge in [0.15, 0.2) is 6.61 Å². The number of anilines is 1. The maximum absolute atomic E-state index is 12.5. The highest BCUT2D eigenvalue weighted by Gasteiger charge is 2.28. The zero-order valence-corrected chi connectivity index (χ0v) is 16.6. The Morgan fingerprint density at radius 2 is 1.78 bits per heavy atom. The summed E-state index contributed by atoms with van der Waals surface area (Å²) >= 11 is 0. The monoisotopic (exact) mass is 368 g/mol. The molecular formula is C22H28N2O3. The first-order valence-electron chi connectivity index (χ1n) is 9.72. The van der Waals surface area contributed by atoms with Gasteiger partial charge in [0.25, 0.3) is 5.91 Å². The minimum atomic E-state index is -0.440. The molecule has 1 N–H and O–H groups in total. The first kappa shape index (κ1) is 19.2. The Kier molecular flexibility index (Phi) is 5.68. The van der Waals surface area contributed by atoms with E-state index in [0.717, 1.165) is 53.9 Å². The van der Waals surface area contributed by atoms with Gasteiger partial charge in [0.05, 0.1) is 5.56 Å². The van der Waals surface area contributed by atoms with Crippen LogP contribution in [0.15, 0.2) is 24.3 Å². The van der Waals surface area contributed by atoms with Crippen LogP contribution in [0.25, 0.3) is 0 Å². The number of carbonyl (C=O) groups excluding carboxylic acids is 2. The van der Waals surface area contributed by atoms with Crippen molar-refractivity contribution >= 4 is 17.6 Å². The molecule has 0 bridgehead atoms. The molecule has 27 heavy (non-hydrogen) atoms. The van der Waals surface area contributed by atoms with E-state index in [1.165, 1.54) is 0 Å². The zero-order valence-electron chi connectivity index (χ0n) is 16.6. The van der Waals surface area contributed by atoms with Crippen molar-refractivity contribution < 1.29 is 14.3 Å². The van der Waals surface area contributed by atoms with E-state index in [1.807, 2.05) is 38.1 Å². The number of para-hydroxylation sites is 1. The first-order chi connectivity index (χ1) is 13.0. The summed E-state index contributed by atoms with van der Waals surface area (Å²) in [5, 5.41) is 2.93. The third kappa shape index (κ3) is 4.07. The van der Waals surface area contributed by atoms with Gasteiger partial charge >= 0.3 is 5.97 Å². The van der Waals surface area contributed by atoms with E-state index >= 15 is 0 Å². The highest BCUT2D eigenvalue weighted by atomic mass is 16.5. The highest BCUT2D eigenvalue weighted by Crippen LogP contribution is 2.38. The van der Waals surface area contributed by atoms with Gasteiger partial charge in [-0.2, -0.15) is 0 Å². The third-order valence-electron chi connectivity index (χ3n) is 5.21. The Morgan fingerprint density at radius 1 is 1.15 bits per heavy atom. The van der Waals surface area contributed by atoms with Crippen molar-refractivity contribution in [3.05, 3.63) is 52.3 Å². The molecule has 0 atom stereocenters. The molecule has 1 aliphatic rings. The van der Waals surface area contributed by atoms with E-state index in [9.17, 15) is 9.59 Å². The summed E-state index contributed by atoms with van der Waals surface area (Å²) in [5.41, 5.74) is 5.55. The summed E-state index contributed by atoms with van der Waals surface area (Å²) in [6.45, 7) is 7.77. The third-order valence-corrected chi connectivity index (χ3v) is 5.21. The lowest BCUT2D eigenvalue weighted by molar-refractivity contribution is -0.119. The minimum Gasteiger partial charge on any atom is -0.452 e. The Labute approximate surface area is 160 Å². The standard InChI is InChI=1S/C22H28N2O3/c1-5-16-8-7-9-17(6-2)21(16)23-20(25)13-27-22(26)19-12-14(3)24(15(19)4)18-10-11-18/h7-9,12,18H,5-6,10-11,13H2,1-4H3,(H,23,25). The van der Waals surface area contributed by atoms with Crippen molar-refractivity contribution in [1.82, 2.24) is 4.57 Å². The summed E-state index contributed by atoms with van der Waals surface area (Å²) in [6, 6.07) is 8.38. The Bertz CT molecular complexity index is 840. The van der Waals surface area contributed by atoms with Crippen molar-refractivity contribution in [3.8, 4) is 0 Å².